The molecule has 1 aromatic carbocycles. The van der Waals surface area contributed by atoms with Crippen LogP contribution in [0.4, 0.5) is 11.5 Å². The number of aromatic amines is 1. The number of fused-ring (bicyclic) bond motifs is 5. The third-order valence-corrected chi connectivity index (χ3v) is 6.76. The molecule has 29 heavy (non-hydrogen) atoms. The molecule has 0 spiro atoms. The van der Waals surface area contributed by atoms with Crippen LogP contribution >= 0.6 is 31.9 Å². The number of rotatable bonds is 4. The SMILES string of the molecule is CCN(CC)CC(=O)N1c2cc(Br)c(Br)cc2-n2c(n[nH]c2=O)-c2cccnc21. The monoisotopic (exact) mass is 520 g/mol. The number of benzene rings is 1. The van der Waals surface area contributed by atoms with E-state index in [1.165, 1.54) is 4.57 Å². The molecule has 0 bridgehead atoms. The van der Waals surface area contributed by atoms with Crippen LogP contribution in [0, 0.1) is 0 Å². The number of nitrogens with one attached hydrogen (secondary N) is 1. The minimum Gasteiger partial charge on any atom is -0.295 e. The standard InChI is InChI=1S/C19H18Br2N6O2/c1-3-25(4-2)10-16(28)26-14-8-12(20)13(21)9-15(14)27-18(23-24-19(27)29)11-6-5-7-22-17(11)26/h5-9H,3-4,10H2,1-2H3,(H,24,29). The average molecular weight is 522 g/mol. The summed E-state index contributed by atoms with van der Waals surface area (Å²) in [6.45, 7) is 5.77. The first-order chi connectivity index (χ1) is 14.0. The summed E-state index contributed by atoms with van der Waals surface area (Å²) in [5.41, 5.74) is 1.31. The molecule has 0 saturated heterocycles. The summed E-state index contributed by atoms with van der Waals surface area (Å²) < 4.78 is 2.98. The van der Waals surface area contributed by atoms with Crippen LogP contribution in [0.1, 0.15) is 13.8 Å². The van der Waals surface area contributed by atoms with Crippen molar-refractivity contribution in [3.05, 3.63) is 49.9 Å². The average Bonchev–Trinajstić information content (AvgIpc) is 3.05. The Bertz CT molecular complexity index is 1150. The van der Waals surface area contributed by atoms with Crippen molar-refractivity contribution < 1.29 is 4.79 Å². The van der Waals surface area contributed by atoms with Crippen molar-refractivity contribution in [2.45, 2.75) is 13.8 Å². The Kier molecular flexibility index (Phi) is 5.41. The van der Waals surface area contributed by atoms with Gasteiger partial charge in [-0.3, -0.25) is 14.6 Å². The fourth-order valence-corrected chi connectivity index (χ4v) is 4.07. The number of anilines is 2. The molecule has 0 aliphatic carbocycles. The second kappa shape index (κ2) is 7.85. The first-order valence-electron chi connectivity index (χ1n) is 9.13. The molecule has 1 aliphatic heterocycles. The first-order valence-corrected chi connectivity index (χ1v) is 10.7. The molecule has 0 atom stereocenters. The minimum atomic E-state index is -0.386. The van der Waals surface area contributed by atoms with Gasteiger partial charge in [-0.05, 0) is 69.2 Å². The van der Waals surface area contributed by atoms with Gasteiger partial charge in [0, 0.05) is 15.1 Å². The maximum Gasteiger partial charge on any atom is 0.348 e. The van der Waals surface area contributed by atoms with Crippen LogP contribution in [0.3, 0.4) is 0 Å². The molecular weight excluding hydrogens is 504 g/mol. The van der Waals surface area contributed by atoms with Gasteiger partial charge in [0.05, 0.1) is 23.5 Å². The summed E-state index contributed by atoms with van der Waals surface area (Å²) in [6, 6.07) is 7.18. The number of halogens is 2. The van der Waals surface area contributed by atoms with Crippen LogP contribution in [0.25, 0.3) is 17.1 Å². The zero-order valence-corrected chi connectivity index (χ0v) is 19.0. The van der Waals surface area contributed by atoms with Gasteiger partial charge in [0.2, 0.25) is 5.91 Å². The number of H-pyrrole nitrogens is 1. The number of hydrogen-bond acceptors (Lipinski definition) is 5. The van der Waals surface area contributed by atoms with E-state index in [1.807, 2.05) is 30.9 Å². The van der Waals surface area contributed by atoms with E-state index in [0.717, 1.165) is 22.0 Å². The predicted molar refractivity (Wildman–Crippen MR) is 118 cm³/mol. The van der Waals surface area contributed by atoms with Crippen molar-refractivity contribution in [1.82, 2.24) is 24.6 Å². The number of likely N-dealkylation sites (N-methyl/N-ethyl adjacent to an activating group) is 1. The second-order valence-electron chi connectivity index (χ2n) is 6.51. The molecule has 3 aromatic rings. The third-order valence-electron chi connectivity index (χ3n) is 4.91. The van der Waals surface area contributed by atoms with Gasteiger partial charge >= 0.3 is 5.69 Å². The molecule has 4 rings (SSSR count). The highest BCUT2D eigenvalue weighted by Crippen LogP contribution is 2.43. The Morgan fingerprint density at radius 2 is 1.86 bits per heavy atom. The molecule has 150 valence electrons. The Morgan fingerprint density at radius 1 is 1.17 bits per heavy atom. The molecule has 0 radical (unpaired) electrons. The summed E-state index contributed by atoms with van der Waals surface area (Å²) in [5, 5.41) is 6.71. The van der Waals surface area contributed by atoms with Gasteiger partial charge in [-0.2, -0.15) is 5.10 Å². The zero-order chi connectivity index (χ0) is 20.7. The second-order valence-corrected chi connectivity index (χ2v) is 8.22. The molecule has 1 aliphatic rings. The molecule has 3 heterocycles. The van der Waals surface area contributed by atoms with E-state index >= 15 is 0 Å². The molecule has 1 amide bonds. The maximum atomic E-state index is 13.5. The van der Waals surface area contributed by atoms with Crippen molar-refractivity contribution in [2.24, 2.45) is 0 Å². The van der Waals surface area contributed by atoms with E-state index < -0.39 is 0 Å². The Balaban J connectivity index is 2.02. The number of amides is 1. The summed E-state index contributed by atoms with van der Waals surface area (Å²) >= 11 is 7.02. The van der Waals surface area contributed by atoms with Crippen LogP contribution in [-0.4, -0.2) is 50.2 Å². The molecule has 2 aromatic heterocycles. The van der Waals surface area contributed by atoms with Crippen molar-refractivity contribution in [2.75, 3.05) is 24.5 Å². The number of hydrogen-bond donors (Lipinski definition) is 1. The minimum absolute atomic E-state index is 0.133. The maximum absolute atomic E-state index is 13.5. The number of carbonyl (C=O) groups excluding carboxylic acids is 1. The molecule has 10 heteroatoms. The van der Waals surface area contributed by atoms with Gasteiger partial charge < -0.3 is 0 Å². The van der Waals surface area contributed by atoms with Crippen molar-refractivity contribution >= 4 is 49.3 Å². The van der Waals surface area contributed by atoms with Crippen LogP contribution in [0.5, 0.6) is 0 Å². The normalized spacial score (nSPS) is 12.4. The highest BCUT2D eigenvalue weighted by molar-refractivity contribution is 9.13. The van der Waals surface area contributed by atoms with Crippen LogP contribution in [-0.2, 0) is 4.79 Å². The Hall–Kier alpha value is -2.30. The lowest BCUT2D eigenvalue weighted by Crippen LogP contribution is -2.38. The van der Waals surface area contributed by atoms with Crippen molar-refractivity contribution in [3.8, 4) is 17.1 Å². The molecule has 1 N–H and O–H groups in total. The van der Waals surface area contributed by atoms with Gasteiger partial charge in [0.25, 0.3) is 0 Å². The highest BCUT2D eigenvalue weighted by atomic mass is 79.9. The number of aromatic nitrogens is 4. The largest absolute Gasteiger partial charge is 0.348 e. The molecule has 8 nitrogen and oxygen atoms in total. The first kappa shape index (κ1) is 20.0. The van der Waals surface area contributed by atoms with E-state index in [-0.39, 0.29) is 18.1 Å². The summed E-state index contributed by atoms with van der Waals surface area (Å²) in [5.74, 6) is 0.718. The predicted octanol–water partition coefficient (Wildman–Crippen LogP) is 3.47. The lowest BCUT2D eigenvalue weighted by molar-refractivity contribution is -0.119. The summed E-state index contributed by atoms with van der Waals surface area (Å²) in [7, 11) is 0. The lowest BCUT2D eigenvalue weighted by Gasteiger charge is -2.27. The Morgan fingerprint density at radius 3 is 2.55 bits per heavy atom. The molecular formula is C19H18Br2N6O2. The molecule has 0 saturated carbocycles. The van der Waals surface area contributed by atoms with Crippen LogP contribution in [0.2, 0.25) is 0 Å². The number of carbonyl (C=O) groups is 1. The van der Waals surface area contributed by atoms with Crippen LogP contribution < -0.4 is 10.6 Å². The third kappa shape index (κ3) is 3.34. The quantitative estimate of drug-likeness (QED) is 0.568. The molecule has 0 unspecified atom stereocenters. The fraction of sp³-hybridized carbons (Fsp3) is 0.263. The van der Waals surface area contributed by atoms with Gasteiger partial charge in [-0.15, -0.1) is 0 Å². The van der Waals surface area contributed by atoms with E-state index in [1.54, 1.807) is 23.2 Å². The van der Waals surface area contributed by atoms with Gasteiger partial charge in [0.1, 0.15) is 0 Å². The van der Waals surface area contributed by atoms with Crippen molar-refractivity contribution in [3.63, 3.8) is 0 Å². The van der Waals surface area contributed by atoms with Crippen molar-refractivity contribution in [1.29, 1.82) is 0 Å². The number of pyridine rings is 1. The Labute approximate surface area is 183 Å². The van der Waals surface area contributed by atoms with E-state index in [2.05, 4.69) is 47.0 Å². The fourth-order valence-electron chi connectivity index (χ4n) is 3.41. The topological polar surface area (TPSA) is 87.1 Å². The zero-order valence-electron chi connectivity index (χ0n) is 15.8. The van der Waals surface area contributed by atoms with E-state index in [4.69, 9.17) is 0 Å². The van der Waals surface area contributed by atoms with Gasteiger partial charge in [-0.25, -0.2) is 19.4 Å². The van der Waals surface area contributed by atoms with E-state index in [0.29, 0.717) is 28.6 Å². The summed E-state index contributed by atoms with van der Waals surface area (Å²) in [4.78, 5) is 34.2. The highest BCUT2D eigenvalue weighted by Gasteiger charge is 2.33. The lowest BCUT2D eigenvalue weighted by atomic mass is 10.2. The van der Waals surface area contributed by atoms with Gasteiger partial charge in [-0.1, -0.05) is 13.8 Å². The summed E-state index contributed by atoms with van der Waals surface area (Å²) in [6.07, 6.45) is 1.63. The number of nitrogens with zero attached hydrogens (tertiary/aromatic N) is 5. The van der Waals surface area contributed by atoms with Gasteiger partial charge in [0.15, 0.2) is 11.6 Å². The van der Waals surface area contributed by atoms with E-state index in [9.17, 15) is 9.59 Å². The molecule has 0 fully saturated rings. The van der Waals surface area contributed by atoms with Crippen LogP contribution in [0.15, 0.2) is 44.2 Å². The smallest absolute Gasteiger partial charge is 0.295 e.